The predicted octanol–water partition coefficient (Wildman–Crippen LogP) is 1.97. The first-order chi connectivity index (χ1) is 13.3. The maximum Gasteiger partial charge on any atom is 0.191 e. The van der Waals surface area contributed by atoms with E-state index >= 15 is 0 Å². The quantitative estimate of drug-likeness (QED) is 0.271. The second-order valence-corrected chi connectivity index (χ2v) is 7.56. The Hall–Kier alpha value is -1.65. The van der Waals surface area contributed by atoms with E-state index in [4.69, 9.17) is 0 Å². The Morgan fingerprint density at radius 1 is 1.28 bits per heavy atom. The van der Waals surface area contributed by atoms with Crippen molar-refractivity contribution in [2.45, 2.75) is 31.9 Å². The Morgan fingerprint density at radius 3 is 2.52 bits per heavy atom. The van der Waals surface area contributed by atoms with Crippen LogP contribution in [0.5, 0.6) is 0 Å². The molecule has 0 aliphatic rings. The summed E-state index contributed by atoms with van der Waals surface area (Å²) in [5.74, 6) is 0.701. The van der Waals surface area contributed by atoms with Crippen LogP contribution in [-0.4, -0.2) is 65.5 Å². The van der Waals surface area contributed by atoms with E-state index in [1.165, 1.54) is 5.56 Å². The standard InChI is InChI=1S/C21H34N6O.HI/c1-6-22-20(24-16-21(2,28)18-13-25-27(5)15-18)23-14-19(26(3)4)12-17-10-8-7-9-11-17;/h7-11,13,15,19,28H,6,12,14,16H2,1-5H3,(H2,22,23,24);1H. The Balaban J connectivity index is 0.00000420. The number of aliphatic hydroxyl groups is 1. The summed E-state index contributed by atoms with van der Waals surface area (Å²) < 4.78 is 1.68. The number of aromatic nitrogens is 2. The Kier molecular flexibility index (Phi) is 10.6. The van der Waals surface area contributed by atoms with E-state index in [1.807, 2.05) is 26.2 Å². The van der Waals surface area contributed by atoms with Gasteiger partial charge in [0.25, 0.3) is 0 Å². The molecule has 29 heavy (non-hydrogen) atoms. The van der Waals surface area contributed by atoms with Gasteiger partial charge >= 0.3 is 0 Å². The number of rotatable bonds is 9. The van der Waals surface area contributed by atoms with Crippen LogP contribution in [0.25, 0.3) is 0 Å². The lowest BCUT2D eigenvalue weighted by Gasteiger charge is -2.26. The molecule has 0 fully saturated rings. The van der Waals surface area contributed by atoms with Gasteiger partial charge in [-0.25, -0.2) is 4.99 Å². The summed E-state index contributed by atoms with van der Waals surface area (Å²) in [4.78, 5) is 6.82. The summed E-state index contributed by atoms with van der Waals surface area (Å²) in [6, 6.07) is 10.8. The molecule has 0 saturated carbocycles. The molecule has 0 radical (unpaired) electrons. The molecular formula is C21H35IN6O. The number of benzene rings is 1. The highest BCUT2D eigenvalue weighted by Crippen LogP contribution is 2.19. The Morgan fingerprint density at radius 2 is 1.97 bits per heavy atom. The van der Waals surface area contributed by atoms with Crippen molar-refractivity contribution in [2.24, 2.45) is 12.0 Å². The van der Waals surface area contributed by atoms with Crippen LogP contribution in [-0.2, 0) is 19.1 Å². The van der Waals surface area contributed by atoms with Gasteiger partial charge in [0.15, 0.2) is 5.96 Å². The normalized spacial score (nSPS) is 14.8. The van der Waals surface area contributed by atoms with Crippen molar-refractivity contribution in [3.05, 3.63) is 53.9 Å². The molecule has 1 aromatic heterocycles. The summed E-state index contributed by atoms with van der Waals surface area (Å²) in [5.41, 5.74) is 0.996. The second-order valence-electron chi connectivity index (χ2n) is 7.56. The van der Waals surface area contributed by atoms with Crippen molar-refractivity contribution in [1.29, 1.82) is 0 Å². The molecule has 0 amide bonds. The highest BCUT2D eigenvalue weighted by molar-refractivity contribution is 14.0. The molecule has 0 aliphatic carbocycles. The molecule has 1 heterocycles. The lowest BCUT2D eigenvalue weighted by atomic mass is 10.0. The van der Waals surface area contributed by atoms with Crippen LogP contribution in [0.15, 0.2) is 47.7 Å². The lowest BCUT2D eigenvalue weighted by Crippen LogP contribution is -2.46. The number of nitrogens with one attached hydrogen (secondary N) is 2. The number of hydrogen-bond donors (Lipinski definition) is 3. The molecular weight excluding hydrogens is 479 g/mol. The van der Waals surface area contributed by atoms with Gasteiger partial charge in [-0.3, -0.25) is 4.68 Å². The molecule has 0 spiro atoms. The summed E-state index contributed by atoms with van der Waals surface area (Å²) in [5, 5.41) is 21.6. The molecule has 2 atom stereocenters. The van der Waals surface area contributed by atoms with Gasteiger partial charge in [0.05, 0.1) is 12.7 Å². The average molecular weight is 514 g/mol. The van der Waals surface area contributed by atoms with Crippen molar-refractivity contribution >= 4 is 29.9 Å². The minimum atomic E-state index is -1.07. The fraction of sp³-hybridized carbons (Fsp3) is 0.524. The van der Waals surface area contributed by atoms with Crippen LogP contribution < -0.4 is 10.6 Å². The highest BCUT2D eigenvalue weighted by atomic mass is 127. The molecule has 7 nitrogen and oxygen atoms in total. The van der Waals surface area contributed by atoms with Gasteiger partial charge in [0.2, 0.25) is 0 Å². The zero-order chi connectivity index (χ0) is 20.6. The third-order valence-corrected chi connectivity index (χ3v) is 4.77. The van der Waals surface area contributed by atoms with Crippen LogP contribution in [0.1, 0.15) is 25.0 Å². The molecule has 1 aromatic carbocycles. The van der Waals surface area contributed by atoms with E-state index in [9.17, 15) is 5.11 Å². The molecule has 2 unspecified atom stereocenters. The monoisotopic (exact) mass is 514 g/mol. The number of hydrogen-bond acceptors (Lipinski definition) is 4. The van der Waals surface area contributed by atoms with E-state index < -0.39 is 5.60 Å². The highest BCUT2D eigenvalue weighted by Gasteiger charge is 2.24. The topological polar surface area (TPSA) is 77.7 Å². The summed E-state index contributed by atoms with van der Waals surface area (Å²) in [7, 11) is 6.02. The van der Waals surface area contributed by atoms with Crippen molar-refractivity contribution in [3.8, 4) is 0 Å². The Labute approximate surface area is 191 Å². The number of guanidine groups is 1. The third-order valence-electron chi connectivity index (χ3n) is 4.77. The van der Waals surface area contributed by atoms with E-state index in [2.05, 4.69) is 64.0 Å². The number of likely N-dealkylation sites (N-methyl/N-ethyl adjacent to an activating group) is 1. The molecule has 2 rings (SSSR count). The lowest BCUT2D eigenvalue weighted by molar-refractivity contribution is 0.0671. The van der Waals surface area contributed by atoms with Crippen molar-refractivity contribution < 1.29 is 5.11 Å². The fourth-order valence-electron chi connectivity index (χ4n) is 2.90. The van der Waals surface area contributed by atoms with Gasteiger partial charge in [0.1, 0.15) is 5.60 Å². The van der Waals surface area contributed by atoms with E-state index in [0.29, 0.717) is 12.0 Å². The van der Waals surface area contributed by atoms with Gasteiger partial charge in [-0.1, -0.05) is 30.3 Å². The SMILES string of the molecule is CCNC(=NCC(C)(O)c1cnn(C)c1)NCC(Cc1ccccc1)N(C)C.I. The van der Waals surface area contributed by atoms with Crippen LogP contribution >= 0.6 is 24.0 Å². The third kappa shape index (κ3) is 8.31. The summed E-state index contributed by atoms with van der Waals surface area (Å²) in [6.45, 7) is 5.55. The maximum atomic E-state index is 10.8. The summed E-state index contributed by atoms with van der Waals surface area (Å²) >= 11 is 0. The molecule has 162 valence electrons. The number of nitrogens with zero attached hydrogens (tertiary/aromatic N) is 4. The zero-order valence-corrected chi connectivity index (χ0v) is 20.4. The van der Waals surface area contributed by atoms with Crippen LogP contribution in [0.3, 0.4) is 0 Å². The largest absolute Gasteiger partial charge is 0.383 e. The maximum absolute atomic E-state index is 10.8. The fourth-order valence-corrected chi connectivity index (χ4v) is 2.90. The van der Waals surface area contributed by atoms with Crippen molar-refractivity contribution in [3.63, 3.8) is 0 Å². The first kappa shape index (κ1) is 25.4. The first-order valence-electron chi connectivity index (χ1n) is 9.76. The Bertz CT molecular complexity index is 745. The van der Waals surface area contributed by atoms with Gasteiger partial charge in [-0.15, -0.1) is 24.0 Å². The van der Waals surface area contributed by atoms with Crippen molar-refractivity contribution in [2.75, 3.05) is 33.7 Å². The first-order valence-corrected chi connectivity index (χ1v) is 9.76. The smallest absolute Gasteiger partial charge is 0.191 e. The zero-order valence-electron chi connectivity index (χ0n) is 18.1. The predicted molar refractivity (Wildman–Crippen MR) is 130 cm³/mol. The number of aryl methyl sites for hydroxylation is 1. The van der Waals surface area contributed by atoms with Gasteiger partial charge in [0, 0.05) is 37.9 Å². The van der Waals surface area contributed by atoms with Crippen LogP contribution in [0, 0.1) is 0 Å². The van der Waals surface area contributed by atoms with Crippen LogP contribution in [0.2, 0.25) is 0 Å². The van der Waals surface area contributed by atoms with Gasteiger partial charge in [-0.2, -0.15) is 5.10 Å². The van der Waals surface area contributed by atoms with Crippen molar-refractivity contribution in [1.82, 2.24) is 25.3 Å². The average Bonchev–Trinajstić information content (AvgIpc) is 3.11. The molecule has 2 aromatic rings. The van der Waals surface area contributed by atoms with E-state index in [0.717, 1.165) is 25.1 Å². The summed E-state index contributed by atoms with van der Waals surface area (Å²) in [6.07, 6.45) is 4.45. The minimum absolute atomic E-state index is 0. The molecule has 0 bridgehead atoms. The van der Waals surface area contributed by atoms with Crippen LogP contribution in [0.4, 0.5) is 0 Å². The second kappa shape index (κ2) is 12.1. The van der Waals surface area contributed by atoms with Gasteiger partial charge < -0.3 is 20.6 Å². The molecule has 3 N–H and O–H groups in total. The van der Waals surface area contributed by atoms with Gasteiger partial charge in [-0.05, 0) is 39.9 Å². The molecule has 0 aliphatic heterocycles. The van der Waals surface area contributed by atoms with E-state index in [1.54, 1.807) is 17.8 Å². The number of halogens is 1. The number of aliphatic imine (C=N–C) groups is 1. The van der Waals surface area contributed by atoms with E-state index in [-0.39, 0.29) is 30.5 Å². The molecule has 8 heteroatoms. The molecule has 0 saturated heterocycles. The minimum Gasteiger partial charge on any atom is -0.383 e.